The molecule has 0 heterocycles. The van der Waals surface area contributed by atoms with Crippen LogP contribution in [0, 0.1) is 0 Å². The Hall–Kier alpha value is -2.87. The summed E-state index contributed by atoms with van der Waals surface area (Å²) in [5.41, 5.74) is 0. The van der Waals surface area contributed by atoms with E-state index < -0.39 is 30.6 Å². The molecule has 0 spiro atoms. The monoisotopic (exact) mass is 760 g/mol. The number of carbonyl (C=O) groups is 3. The minimum Gasteiger partial charge on any atom is -0.466 e. The predicted molar refractivity (Wildman–Crippen MR) is 225 cm³/mol. The van der Waals surface area contributed by atoms with Gasteiger partial charge in [0.1, 0.15) is 0 Å². The van der Waals surface area contributed by atoms with Gasteiger partial charge in [-0.3, -0.25) is 4.79 Å². The zero-order chi connectivity index (χ0) is 39.6. The molecule has 54 heavy (non-hydrogen) atoms. The molecule has 1 atom stereocenters. The number of allylic oxidation sites excluding steroid dienone is 8. The summed E-state index contributed by atoms with van der Waals surface area (Å²) >= 11 is 0. The lowest BCUT2D eigenvalue weighted by Gasteiger charge is -2.17. The highest BCUT2D eigenvalue weighted by atomic mass is 16.7. The molecule has 0 fully saturated rings. The van der Waals surface area contributed by atoms with Crippen molar-refractivity contribution in [1.29, 1.82) is 0 Å². The van der Waals surface area contributed by atoms with E-state index in [1.54, 1.807) is 0 Å². The summed E-state index contributed by atoms with van der Waals surface area (Å²) in [7, 11) is 3.86. The van der Waals surface area contributed by atoms with E-state index in [0.29, 0.717) is 6.42 Å². The summed E-state index contributed by atoms with van der Waals surface area (Å²) in [4.78, 5) is 39.7. The summed E-state index contributed by atoms with van der Waals surface area (Å²) in [6.45, 7) is 5.86. The van der Waals surface area contributed by atoms with Crippen molar-refractivity contribution in [3.05, 3.63) is 48.6 Å². The first kappa shape index (κ1) is 51.1. The maximum atomic E-state index is 12.8. The third kappa shape index (κ3) is 38.8. The second-order valence-electron chi connectivity index (χ2n) is 14.6. The van der Waals surface area contributed by atoms with Crippen LogP contribution < -0.4 is 0 Å². The molecule has 0 rings (SSSR count). The first-order chi connectivity index (χ1) is 26.4. The van der Waals surface area contributed by atoms with Crippen LogP contribution >= 0.6 is 0 Å². The van der Waals surface area contributed by atoms with E-state index in [1.807, 2.05) is 19.0 Å². The quantitative estimate of drug-likeness (QED) is 0.0266. The normalized spacial score (nSPS) is 12.5. The standard InChI is InChI=1S/C46H81NO7/c1-5-7-9-11-13-15-17-19-21-23-25-27-29-31-33-35-39-51-44(48)42-43(54-46(50)53-41-37-38-47(3)4)45(49)52-40-36-34-32-30-28-26-24-22-20-18-16-14-12-10-8-6-2/h13-16,19-22,43H,5-12,17-18,23-42H2,1-4H3/b15-13-,16-14-,21-19-,22-20-/t43-/m0/s1. The zero-order valence-corrected chi connectivity index (χ0v) is 35.2. The topological polar surface area (TPSA) is 91.4 Å². The third-order valence-corrected chi connectivity index (χ3v) is 9.02. The Labute approximate surface area is 331 Å². The minimum atomic E-state index is -1.39. The maximum absolute atomic E-state index is 12.8. The van der Waals surface area contributed by atoms with Gasteiger partial charge in [-0.15, -0.1) is 0 Å². The second-order valence-corrected chi connectivity index (χ2v) is 14.6. The molecule has 0 bridgehead atoms. The van der Waals surface area contributed by atoms with Crippen molar-refractivity contribution in [3.63, 3.8) is 0 Å². The van der Waals surface area contributed by atoms with E-state index in [9.17, 15) is 14.4 Å². The molecule has 0 aromatic heterocycles. The van der Waals surface area contributed by atoms with Crippen LogP contribution in [0.1, 0.15) is 181 Å². The molecule has 312 valence electrons. The van der Waals surface area contributed by atoms with Crippen LogP contribution in [0.4, 0.5) is 4.79 Å². The van der Waals surface area contributed by atoms with Gasteiger partial charge in [-0.1, -0.05) is 140 Å². The van der Waals surface area contributed by atoms with E-state index in [0.717, 1.165) is 83.6 Å². The molecule has 0 saturated carbocycles. The van der Waals surface area contributed by atoms with Gasteiger partial charge in [0.05, 0.1) is 26.2 Å². The van der Waals surface area contributed by atoms with Crippen molar-refractivity contribution >= 4 is 18.1 Å². The number of nitrogens with zero attached hydrogens (tertiary/aromatic N) is 1. The molecular formula is C46H81NO7. The maximum Gasteiger partial charge on any atom is 0.509 e. The molecule has 0 radical (unpaired) electrons. The lowest BCUT2D eigenvalue weighted by Crippen LogP contribution is -2.33. The molecule has 0 amide bonds. The van der Waals surface area contributed by atoms with Crippen LogP contribution in [0.5, 0.6) is 0 Å². The highest BCUT2D eigenvalue weighted by molar-refractivity contribution is 5.83. The summed E-state index contributed by atoms with van der Waals surface area (Å²) in [5, 5.41) is 0. The Morgan fingerprint density at radius 3 is 1.35 bits per heavy atom. The van der Waals surface area contributed by atoms with Crippen LogP contribution in [0.3, 0.4) is 0 Å². The van der Waals surface area contributed by atoms with Crippen LogP contribution in [-0.2, 0) is 28.5 Å². The average Bonchev–Trinajstić information content (AvgIpc) is 3.15. The summed E-state index contributed by atoms with van der Waals surface area (Å²) in [5.74, 6) is -1.33. The molecule has 8 nitrogen and oxygen atoms in total. The summed E-state index contributed by atoms with van der Waals surface area (Å²) in [6, 6.07) is 0. The average molecular weight is 760 g/mol. The number of ether oxygens (including phenoxy) is 4. The Bertz CT molecular complexity index is 988. The molecule has 0 aliphatic carbocycles. The van der Waals surface area contributed by atoms with Crippen molar-refractivity contribution in [2.45, 2.75) is 187 Å². The van der Waals surface area contributed by atoms with Gasteiger partial charge in [-0.2, -0.15) is 0 Å². The Morgan fingerprint density at radius 1 is 0.481 bits per heavy atom. The van der Waals surface area contributed by atoms with E-state index in [1.165, 1.54) is 77.0 Å². The minimum absolute atomic E-state index is 0.156. The molecule has 0 aromatic rings. The van der Waals surface area contributed by atoms with Crippen molar-refractivity contribution in [1.82, 2.24) is 4.90 Å². The number of unbranched alkanes of at least 4 members (excludes halogenated alkanes) is 18. The number of carbonyl (C=O) groups excluding carboxylic acids is 3. The lowest BCUT2D eigenvalue weighted by molar-refractivity contribution is -0.161. The van der Waals surface area contributed by atoms with Crippen LogP contribution in [0.25, 0.3) is 0 Å². The Morgan fingerprint density at radius 2 is 0.889 bits per heavy atom. The van der Waals surface area contributed by atoms with Crippen molar-refractivity contribution in [3.8, 4) is 0 Å². The molecule has 0 unspecified atom stereocenters. The Kier molecular flexibility index (Phi) is 39.1. The van der Waals surface area contributed by atoms with Crippen LogP contribution in [0.2, 0.25) is 0 Å². The first-order valence-corrected chi connectivity index (χ1v) is 21.8. The summed E-state index contributed by atoms with van der Waals surface area (Å²) < 4.78 is 21.2. The molecule has 0 saturated heterocycles. The van der Waals surface area contributed by atoms with Crippen molar-refractivity contribution in [2.75, 3.05) is 40.5 Å². The van der Waals surface area contributed by atoms with Gasteiger partial charge in [0, 0.05) is 6.54 Å². The number of esters is 2. The predicted octanol–water partition coefficient (Wildman–Crippen LogP) is 12.6. The highest BCUT2D eigenvalue weighted by Crippen LogP contribution is 2.12. The molecule has 0 aliphatic heterocycles. The van der Waals surface area contributed by atoms with E-state index in [2.05, 4.69) is 62.5 Å². The highest BCUT2D eigenvalue weighted by Gasteiger charge is 2.29. The van der Waals surface area contributed by atoms with Crippen LogP contribution in [-0.4, -0.2) is 69.6 Å². The fourth-order valence-electron chi connectivity index (χ4n) is 5.70. The molecule has 0 aliphatic rings. The van der Waals surface area contributed by atoms with Gasteiger partial charge in [0.2, 0.25) is 6.10 Å². The fraction of sp³-hybridized carbons (Fsp3) is 0.761. The molecular weight excluding hydrogens is 679 g/mol. The van der Waals surface area contributed by atoms with Crippen molar-refractivity contribution in [2.24, 2.45) is 0 Å². The van der Waals surface area contributed by atoms with Gasteiger partial charge in [0.25, 0.3) is 0 Å². The van der Waals surface area contributed by atoms with Crippen molar-refractivity contribution < 1.29 is 33.3 Å². The van der Waals surface area contributed by atoms with E-state index >= 15 is 0 Å². The lowest BCUT2D eigenvalue weighted by atomic mass is 10.1. The number of hydrogen-bond acceptors (Lipinski definition) is 8. The van der Waals surface area contributed by atoms with Gasteiger partial charge in [-0.25, -0.2) is 9.59 Å². The first-order valence-electron chi connectivity index (χ1n) is 21.8. The van der Waals surface area contributed by atoms with Crippen LogP contribution in [0.15, 0.2) is 48.6 Å². The van der Waals surface area contributed by atoms with Gasteiger partial charge >= 0.3 is 18.1 Å². The molecule has 8 heteroatoms. The van der Waals surface area contributed by atoms with Gasteiger partial charge in [-0.05, 0) is 97.6 Å². The molecule has 0 N–H and O–H groups in total. The largest absolute Gasteiger partial charge is 0.509 e. The van der Waals surface area contributed by atoms with E-state index in [4.69, 9.17) is 18.9 Å². The molecule has 0 aromatic carbocycles. The third-order valence-electron chi connectivity index (χ3n) is 9.02. The zero-order valence-electron chi connectivity index (χ0n) is 35.2. The van der Waals surface area contributed by atoms with Gasteiger partial charge in [0.15, 0.2) is 0 Å². The Balaban J connectivity index is 4.25. The second kappa shape index (κ2) is 41.3. The summed E-state index contributed by atoms with van der Waals surface area (Å²) in [6.07, 6.45) is 43.1. The van der Waals surface area contributed by atoms with E-state index in [-0.39, 0.29) is 19.8 Å². The fourth-order valence-corrected chi connectivity index (χ4v) is 5.70. The smallest absolute Gasteiger partial charge is 0.466 e. The van der Waals surface area contributed by atoms with Gasteiger partial charge < -0.3 is 23.8 Å². The number of rotatable bonds is 38. The number of hydrogen-bond donors (Lipinski definition) is 0. The SMILES string of the molecule is CCCCC/C=C\C/C=C\CCCCCCCCOC(=O)C[C@H](OC(=O)OCCCN(C)C)C(=O)OCCCCCCCC/C=C\C/C=C\CCCCC.